The van der Waals surface area contributed by atoms with Gasteiger partial charge in [-0.1, -0.05) is 6.07 Å². The SMILES string of the molecule is NC(=O)n1n[c]c2cc(-c3c[nH]c4ncccc34)ccc21. The van der Waals surface area contributed by atoms with Crippen molar-refractivity contribution in [2.75, 3.05) is 0 Å². The maximum Gasteiger partial charge on any atom is 0.340 e. The van der Waals surface area contributed by atoms with E-state index in [2.05, 4.69) is 21.3 Å². The number of amides is 1. The fourth-order valence-corrected chi connectivity index (χ4v) is 2.50. The molecule has 1 radical (unpaired) electrons. The van der Waals surface area contributed by atoms with E-state index in [9.17, 15) is 4.79 Å². The number of aromatic amines is 1. The zero-order chi connectivity index (χ0) is 14.4. The second kappa shape index (κ2) is 4.17. The fourth-order valence-electron chi connectivity index (χ4n) is 2.50. The van der Waals surface area contributed by atoms with Crippen molar-refractivity contribution in [3.63, 3.8) is 0 Å². The first-order valence-corrected chi connectivity index (χ1v) is 6.37. The predicted octanol–water partition coefficient (Wildman–Crippen LogP) is 2.31. The van der Waals surface area contributed by atoms with Gasteiger partial charge in [-0.25, -0.2) is 9.78 Å². The molecule has 101 valence electrons. The van der Waals surface area contributed by atoms with E-state index < -0.39 is 6.03 Å². The van der Waals surface area contributed by atoms with Crippen LogP contribution in [0.2, 0.25) is 0 Å². The van der Waals surface area contributed by atoms with Gasteiger partial charge in [-0.3, -0.25) is 0 Å². The standard InChI is InChI=1S/C15H10N5O/c16-15(21)20-13-4-3-9(6-10(13)7-19-20)12-8-18-14-11(12)2-1-5-17-14/h1-6,8H,(H2,16,21)(H,17,18). The molecule has 3 aromatic heterocycles. The van der Waals surface area contributed by atoms with Crippen molar-refractivity contribution in [2.24, 2.45) is 5.73 Å². The van der Waals surface area contributed by atoms with E-state index in [0.29, 0.717) is 5.52 Å². The molecule has 0 bridgehead atoms. The molecule has 0 unspecified atom stereocenters. The zero-order valence-electron chi connectivity index (χ0n) is 10.9. The van der Waals surface area contributed by atoms with Crippen LogP contribution in [0.4, 0.5) is 4.79 Å². The summed E-state index contributed by atoms with van der Waals surface area (Å²) in [5, 5.41) is 5.66. The van der Waals surface area contributed by atoms with E-state index in [0.717, 1.165) is 32.2 Å². The van der Waals surface area contributed by atoms with Gasteiger partial charge in [-0.05, 0) is 29.8 Å². The highest BCUT2D eigenvalue weighted by atomic mass is 16.2. The molecule has 0 aliphatic carbocycles. The van der Waals surface area contributed by atoms with E-state index in [1.165, 1.54) is 0 Å². The topological polar surface area (TPSA) is 89.6 Å². The van der Waals surface area contributed by atoms with Crippen LogP contribution >= 0.6 is 0 Å². The summed E-state index contributed by atoms with van der Waals surface area (Å²) in [5.74, 6) is 0. The van der Waals surface area contributed by atoms with Crippen molar-refractivity contribution in [3.8, 4) is 11.1 Å². The summed E-state index contributed by atoms with van der Waals surface area (Å²) in [4.78, 5) is 18.7. The molecule has 21 heavy (non-hydrogen) atoms. The zero-order valence-corrected chi connectivity index (χ0v) is 10.9. The van der Waals surface area contributed by atoms with Crippen LogP contribution in [0.5, 0.6) is 0 Å². The lowest BCUT2D eigenvalue weighted by molar-refractivity contribution is 0.248. The number of nitrogens with one attached hydrogen (secondary N) is 1. The molecule has 3 N–H and O–H groups in total. The number of carbonyl (C=O) groups excluding carboxylic acids is 1. The third-order valence-corrected chi connectivity index (χ3v) is 3.47. The number of rotatable bonds is 1. The average molecular weight is 276 g/mol. The fraction of sp³-hybridized carbons (Fsp3) is 0. The van der Waals surface area contributed by atoms with Gasteiger partial charge in [0.25, 0.3) is 0 Å². The Labute approximate surface area is 119 Å². The Hall–Kier alpha value is -3.15. The number of fused-ring (bicyclic) bond motifs is 2. The van der Waals surface area contributed by atoms with Crippen LogP contribution in [0.25, 0.3) is 33.1 Å². The summed E-state index contributed by atoms with van der Waals surface area (Å²) < 4.78 is 1.13. The largest absolute Gasteiger partial charge is 0.350 e. The maximum absolute atomic E-state index is 11.3. The molecule has 1 amide bonds. The number of aromatic nitrogens is 4. The number of benzene rings is 1. The Morgan fingerprint density at radius 1 is 1.33 bits per heavy atom. The van der Waals surface area contributed by atoms with Crippen LogP contribution in [0, 0.1) is 6.20 Å². The average Bonchev–Trinajstić information content (AvgIpc) is 3.10. The Balaban J connectivity index is 1.93. The predicted molar refractivity (Wildman–Crippen MR) is 78.6 cm³/mol. The number of hydrogen-bond acceptors (Lipinski definition) is 3. The number of hydrogen-bond donors (Lipinski definition) is 2. The molecular formula is C15H10N5O. The molecule has 0 aliphatic rings. The van der Waals surface area contributed by atoms with Crippen molar-refractivity contribution in [3.05, 3.63) is 48.9 Å². The van der Waals surface area contributed by atoms with Gasteiger partial charge in [-0.2, -0.15) is 9.78 Å². The van der Waals surface area contributed by atoms with Crippen LogP contribution in [-0.2, 0) is 0 Å². The number of nitrogens with zero attached hydrogens (tertiary/aromatic N) is 3. The van der Waals surface area contributed by atoms with Gasteiger partial charge in [-0.15, -0.1) is 0 Å². The minimum absolute atomic E-state index is 0.620. The number of carbonyl (C=O) groups is 1. The van der Waals surface area contributed by atoms with Gasteiger partial charge in [0.1, 0.15) is 11.8 Å². The normalized spacial score (nSPS) is 11.2. The molecular weight excluding hydrogens is 266 g/mol. The first-order valence-electron chi connectivity index (χ1n) is 6.37. The molecule has 0 spiro atoms. The minimum atomic E-state index is -0.620. The van der Waals surface area contributed by atoms with Crippen LogP contribution in [-0.4, -0.2) is 25.8 Å². The van der Waals surface area contributed by atoms with Crippen molar-refractivity contribution in [2.45, 2.75) is 0 Å². The molecule has 0 saturated heterocycles. The molecule has 0 saturated carbocycles. The van der Waals surface area contributed by atoms with Crippen molar-refractivity contribution >= 4 is 28.0 Å². The number of pyridine rings is 1. The van der Waals surface area contributed by atoms with Gasteiger partial charge in [0.2, 0.25) is 0 Å². The minimum Gasteiger partial charge on any atom is -0.350 e. The van der Waals surface area contributed by atoms with Crippen molar-refractivity contribution in [1.82, 2.24) is 19.7 Å². The summed E-state index contributed by atoms with van der Waals surface area (Å²) in [5.41, 5.74) is 8.78. The summed E-state index contributed by atoms with van der Waals surface area (Å²) in [6.45, 7) is 0. The monoisotopic (exact) mass is 276 g/mol. The summed E-state index contributed by atoms with van der Waals surface area (Å²) in [7, 11) is 0. The summed E-state index contributed by atoms with van der Waals surface area (Å²) in [6, 6.07) is 8.95. The van der Waals surface area contributed by atoms with Gasteiger partial charge >= 0.3 is 6.03 Å². The van der Waals surface area contributed by atoms with Crippen LogP contribution in [0.15, 0.2) is 42.7 Å². The van der Waals surface area contributed by atoms with Crippen molar-refractivity contribution < 1.29 is 4.79 Å². The second-order valence-electron chi connectivity index (χ2n) is 4.70. The lowest BCUT2D eigenvalue weighted by Gasteiger charge is -2.01. The molecule has 0 aliphatic heterocycles. The molecule has 0 atom stereocenters. The first-order chi connectivity index (χ1) is 10.2. The second-order valence-corrected chi connectivity index (χ2v) is 4.70. The van der Waals surface area contributed by atoms with E-state index >= 15 is 0 Å². The number of nitrogens with two attached hydrogens (primary N) is 1. The molecule has 4 rings (SSSR count). The Morgan fingerprint density at radius 3 is 3.10 bits per heavy atom. The van der Waals surface area contributed by atoms with Gasteiger partial charge in [0, 0.05) is 28.7 Å². The lowest BCUT2D eigenvalue weighted by Crippen LogP contribution is -2.20. The third kappa shape index (κ3) is 1.69. The smallest absolute Gasteiger partial charge is 0.340 e. The Kier molecular flexibility index (Phi) is 2.32. The van der Waals surface area contributed by atoms with Gasteiger partial charge in [0.05, 0.1) is 5.52 Å². The van der Waals surface area contributed by atoms with E-state index in [1.807, 2.05) is 36.5 Å². The highest BCUT2D eigenvalue weighted by Gasteiger charge is 2.11. The third-order valence-electron chi connectivity index (χ3n) is 3.47. The van der Waals surface area contributed by atoms with E-state index in [-0.39, 0.29) is 0 Å². The first kappa shape index (κ1) is 11.7. The van der Waals surface area contributed by atoms with Gasteiger partial charge in [0.15, 0.2) is 0 Å². The van der Waals surface area contributed by atoms with Crippen molar-refractivity contribution in [1.29, 1.82) is 0 Å². The van der Waals surface area contributed by atoms with Gasteiger partial charge < -0.3 is 10.7 Å². The Morgan fingerprint density at radius 2 is 2.24 bits per heavy atom. The molecule has 0 fully saturated rings. The summed E-state index contributed by atoms with van der Waals surface area (Å²) in [6.07, 6.45) is 6.47. The molecule has 6 nitrogen and oxygen atoms in total. The number of H-pyrrole nitrogens is 1. The van der Waals surface area contributed by atoms with Crippen LogP contribution in [0.3, 0.4) is 0 Å². The number of primary amides is 1. The Bertz CT molecular complexity index is 982. The highest BCUT2D eigenvalue weighted by molar-refractivity contribution is 5.97. The lowest BCUT2D eigenvalue weighted by atomic mass is 10.0. The molecule has 3 heterocycles. The van der Waals surface area contributed by atoms with Crippen LogP contribution in [0.1, 0.15) is 0 Å². The van der Waals surface area contributed by atoms with E-state index in [1.54, 1.807) is 6.20 Å². The summed E-state index contributed by atoms with van der Waals surface area (Å²) >= 11 is 0. The molecule has 4 aromatic rings. The van der Waals surface area contributed by atoms with Crippen LogP contribution < -0.4 is 5.73 Å². The molecule has 1 aromatic carbocycles. The quantitative estimate of drug-likeness (QED) is 0.559. The maximum atomic E-state index is 11.3. The molecule has 6 heteroatoms. The highest BCUT2D eigenvalue weighted by Crippen LogP contribution is 2.29. The van der Waals surface area contributed by atoms with E-state index in [4.69, 9.17) is 5.73 Å².